The Morgan fingerprint density at radius 3 is 1.08 bits per heavy atom. The molecule has 4 amide bonds. The van der Waals surface area contributed by atoms with Crippen LogP contribution in [0, 0.1) is 0 Å². The van der Waals surface area contributed by atoms with Crippen molar-refractivity contribution in [1.29, 1.82) is 0 Å². The fourth-order valence-corrected chi connectivity index (χ4v) is 5.06. The lowest BCUT2D eigenvalue weighted by atomic mass is 10.1. The minimum Gasteiger partial charge on any atom is -0.315 e. The molecule has 0 unspecified atom stereocenters. The molecule has 0 fully saturated rings. The van der Waals surface area contributed by atoms with Crippen LogP contribution in [0.1, 0.15) is 92.8 Å². The maximum atomic E-state index is 12.4. The van der Waals surface area contributed by atoms with E-state index in [2.05, 4.69) is 10.6 Å². The molecule has 2 N–H and O–H groups in total. The average molecular weight is 519 g/mol. The lowest BCUT2D eigenvalue weighted by Gasteiger charge is -2.13. The van der Waals surface area contributed by atoms with Crippen molar-refractivity contribution in [2.75, 3.05) is 39.3 Å². The minimum atomic E-state index is -0.166. The van der Waals surface area contributed by atoms with Gasteiger partial charge in [0.2, 0.25) is 0 Å². The summed E-state index contributed by atoms with van der Waals surface area (Å²) < 4.78 is 0. The molecule has 0 atom stereocenters. The molecule has 4 rings (SSSR count). The van der Waals surface area contributed by atoms with Gasteiger partial charge >= 0.3 is 0 Å². The molecule has 0 aromatic heterocycles. The standard InChI is InChI=1S/C30H38N4O4/c35-27-23-13-5-6-14-24(23)28(36)33(27)21-11-3-1-9-17-31-19-20-32-18-10-2-4-12-22-34-29(37)25-15-7-8-16-26(25)30(34)38/h5-8,13-16,31-32H,1-4,9-12,17-22H2. The normalized spacial score (nSPS) is 14.5. The molecular formula is C30H38N4O4. The molecule has 38 heavy (non-hydrogen) atoms. The first kappa shape index (κ1) is 27.7. The van der Waals surface area contributed by atoms with Gasteiger partial charge in [-0.3, -0.25) is 29.0 Å². The van der Waals surface area contributed by atoms with Crippen LogP contribution in [0.3, 0.4) is 0 Å². The predicted molar refractivity (Wildman–Crippen MR) is 146 cm³/mol. The second-order valence-electron chi connectivity index (χ2n) is 9.94. The molecule has 8 heteroatoms. The average Bonchev–Trinajstić information content (AvgIpc) is 3.33. The fourth-order valence-electron chi connectivity index (χ4n) is 5.06. The topological polar surface area (TPSA) is 98.8 Å². The van der Waals surface area contributed by atoms with E-state index >= 15 is 0 Å². The molecular weight excluding hydrogens is 480 g/mol. The molecule has 0 saturated carbocycles. The van der Waals surface area contributed by atoms with Gasteiger partial charge < -0.3 is 10.6 Å². The molecule has 0 saturated heterocycles. The van der Waals surface area contributed by atoms with Crippen LogP contribution in [0.25, 0.3) is 0 Å². The van der Waals surface area contributed by atoms with Crippen LogP contribution >= 0.6 is 0 Å². The Morgan fingerprint density at radius 1 is 0.421 bits per heavy atom. The van der Waals surface area contributed by atoms with E-state index in [1.54, 1.807) is 48.5 Å². The van der Waals surface area contributed by atoms with Crippen molar-refractivity contribution in [3.63, 3.8) is 0 Å². The van der Waals surface area contributed by atoms with Crippen LogP contribution in [0.5, 0.6) is 0 Å². The zero-order valence-electron chi connectivity index (χ0n) is 22.0. The van der Waals surface area contributed by atoms with E-state index in [9.17, 15) is 19.2 Å². The largest absolute Gasteiger partial charge is 0.315 e. The van der Waals surface area contributed by atoms with Gasteiger partial charge in [-0.25, -0.2) is 0 Å². The van der Waals surface area contributed by atoms with Crippen molar-refractivity contribution in [1.82, 2.24) is 20.4 Å². The van der Waals surface area contributed by atoms with Crippen molar-refractivity contribution in [2.45, 2.75) is 51.4 Å². The van der Waals surface area contributed by atoms with E-state index < -0.39 is 0 Å². The molecule has 202 valence electrons. The van der Waals surface area contributed by atoms with Crippen LogP contribution in [0.2, 0.25) is 0 Å². The quantitative estimate of drug-likeness (QED) is 0.244. The maximum Gasteiger partial charge on any atom is 0.261 e. The number of amides is 4. The number of carbonyl (C=O) groups is 4. The number of nitrogens with one attached hydrogen (secondary N) is 2. The molecule has 0 aliphatic carbocycles. The number of fused-ring (bicyclic) bond motifs is 2. The highest BCUT2D eigenvalue weighted by Crippen LogP contribution is 2.24. The van der Waals surface area contributed by atoms with Gasteiger partial charge in [-0.2, -0.15) is 0 Å². The number of imide groups is 2. The van der Waals surface area contributed by atoms with E-state index in [4.69, 9.17) is 0 Å². The first-order chi connectivity index (χ1) is 18.6. The van der Waals surface area contributed by atoms with Gasteiger partial charge in [-0.1, -0.05) is 49.9 Å². The first-order valence-electron chi connectivity index (χ1n) is 13.9. The summed E-state index contributed by atoms with van der Waals surface area (Å²) in [4.78, 5) is 52.2. The van der Waals surface area contributed by atoms with E-state index in [0.717, 1.165) is 77.5 Å². The Labute approximate surface area is 224 Å². The SMILES string of the molecule is O=C1c2ccccc2C(=O)N1CCCCCCNCCNCCCCCCN1C(=O)c2ccccc2C1=O. The Morgan fingerprint density at radius 2 is 0.737 bits per heavy atom. The monoisotopic (exact) mass is 518 g/mol. The number of carbonyl (C=O) groups excluding carboxylic acids is 4. The smallest absolute Gasteiger partial charge is 0.261 e. The van der Waals surface area contributed by atoms with Crippen molar-refractivity contribution >= 4 is 23.6 Å². The third kappa shape index (κ3) is 6.74. The van der Waals surface area contributed by atoms with E-state index in [1.807, 2.05) is 0 Å². The fraction of sp³-hybridized carbons (Fsp3) is 0.467. The molecule has 2 aliphatic rings. The van der Waals surface area contributed by atoms with Crippen molar-refractivity contribution in [3.05, 3.63) is 70.8 Å². The van der Waals surface area contributed by atoms with E-state index in [-0.39, 0.29) is 23.6 Å². The Balaban J connectivity index is 0.920. The van der Waals surface area contributed by atoms with Gasteiger partial charge in [-0.15, -0.1) is 0 Å². The molecule has 2 aliphatic heterocycles. The van der Waals surface area contributed by atoms with Crippen molar-refractivity contribution in [2.24, 2.45) is 0 Å². The van der Waals surface area contributed by atoms with Crippen LogP contribution in [-0.2, 0) is 0 Å². The van der Waals surface area contributed by atoms with Crippen LogP contribution in [-0.4, -0.2) is 72.7 Å². The highest BCUT2D eigenvalue weighted by atomic mass is 16.2. The predicted octanol–water partition coefficient (Wildman–Crippen LogP) is 3.88. The molecule has 2 heterocycles. The van der Waals surface area contributed by atoms with Crippen LogP contribution in [0.15, 0.2) is 48.5 Å². The molecule has 0 spiro atoms. The highest BCUT2D eigenvalue weighted by molar-refractivity contribution is 6.22. The zero-order chi connectivity index (χ0) is 26.7. The number of hydrogen-bond donors (Lipinski definition) is 2. The summed E-state index contributed by atoms with van der Waals surface area (Å²) in [7, 11) is 0. The summed E-state index contributed by atoms with van der Waals surface area (Å²) in [6.07, 6.45) is 7.98. The first-order valence-corrected chi connectivity index (χ1v) is 13.9. The van der Waals surface area contributed by atoms with Crippen molar-refractivity contribution in [3.8, 4) is 0 Å². The molecule has 2 aromatic carbocycles. The summed E-state index contributed by atoms with van der Waals surface area (Å²) in [5.74, 6) is -0.662. The summed E-state index contributed by atoms with van der Waals surface area (Å²) in [6, 6.07) is 14.1. The number of unbranched alkanes of at least 4 members (excludes halogenated alkanes) is 6. The van der Waals surface area contributed by atoms with Gasteiger partial charge in [-0.05, 0) is 63.0 Å². The second-order valence-corrected chi connectivity index (χ2v) is 9.94. The Hall–Kier alpha value is -3.36. The van der Waals surface area contributed by atoms with Gasteiger partial charge in [0, 0.05) is 26.2 Å². The lowest BCUT2D eigenvalue weighted by Crippen LogP contribution is -2.30. The van der Waals surface area contributed by atoms with Gasteiger partial charge in [0.25, 0.3) is 23.6 Å². The maximum absolute atomic E-state index is 12.4. The number of hydrogen-bond acceptors (Lipinski definition) is 6. The van der Waals surface area contributed by atoms with E-state index in [1.165, 1.54) is 9.80 Å². The van der Waals surface area contributed by atoms with Crippen LogP contribution < -0.4 is 10.6 Å². The zero-order valence-corrected chi connectivity index (χ0v) is 22.0. The van der Waals surface area contributed by atoms with Gasteiger partial charge in [0.1, 0.15) is 0 Å². The number of rotatable bonds is 17. The lowest BCUT2D eigenvalue weighted by molar-refractivity contribution is 0.0636. The van der Waals surface area contributed by atoms with Crippen molar-refractivity contribution < 1.29 is 19.2 Å². The summed E-state index contributed by atoms with van der Waals surface area (Å²) in [5, 5.41) is 6.90. The molecule has 0 radical (unpaired) electrons. The minimum absolute atomic E-state index is 0.166. The second kappa shape index (κ2) is 14.0. The third-order valence-electron chi connectivity index (χ3n) is 7.21. The highest BCUT2D eigenvalue weighted by Gasteiger charge is 2.35. The van der Waals surface area contributed by atoms with Crippen LogP contribution in [0.4, 0.5) is 0 Å². The summed E-state index contributed by atoms with van der Waals surface area (Å²) in [5.41, 5.74) is 2.09. The third-order valence-corrected chi connectivity index (χ3v) is 7.21. The van der Waals surface area contributed by atoms with Gasteiger partial charge in [0.05, 0.1) is 22.3 Å². The molecule has 0 bridgehead atoms. The molecule has 8 nitrogen and oxygen atoms in total. The summed E-state index contributed by atoms with van der Waals surface area (Å²) in [6.45, 7) is 4.77. The number of nitrogens with zero attached hydrogens (tertiary/aromatic N) is 2. The van der Waals surface area contributed by atoms with E-state index in [0.29, 0.717) is 35.3 Å². The summed E-state index contributed by atoms with van der Waals surface area (Å²) >= 11 is 0. The number of benzene rings is 2. The molecule has 2 aromatic rings. The Kier molecular flexibility index (Phi) is 10.2. The van der Waals surface area contributed by atoms with Gasteiger partial charge in [0.15, 0.2) is 0 Å². The Bertz CT molecular complexity index is 989.